The normalized spacial score (nSPS) is 12.5. The smallest absolute Gasteiger partial charge is 0.322 e. The van der Waals surface area contributed by atoms with Crippen molar-refractivity contribution in [3.8, 4) is 5.75 Å². The van der Waals surface area contributed by atoms with Gasteiger partial charge in [0.25, 0.3) is 0 Å². The monoisotopic (exact) mass is 293 g/mol. The molecule has 0 unspecified atom stereocenters. The maximum Gasteiger partial charge on any atom is 0.322 e. The van der Waals surface area contributed by atoms with E-state index in [0.717, 1.165) is 17.7 Å². The van der Waals surface area contributed by atoms with E-state index in [2.05, 4.69) is 19.2 Å². The third kappa shape index (κ3) is 6.17. The van der Waals surface area contributed by atoms with Gasteiger partial charge in [0.05, 0.1) is 13.2 Å². The average molecular weight is 293 g/mol. The molecule has 1 rings (SSSR count). The molecule has 1 aromatic carbocycles. The lowest BCUT2D eigenvalue weighted by Crippen LogP contribution is -2.38. The van der Waals surface area contributed by atoms with E-state index < -0.39 is 0 Å². The average Bonchev–Trinajstić information content (AvgIpc) is 2.43. The lowest BCUT2D eigenvalue weighted by molar-refractivity contribution is -0.143. The van der Waals surface area contributed by atoms with Gasteiger partial charge in [0, 0.05) is 12.1 Å². The summed E-state index contributed by atoms with van der Waals surface area (Å²) in [6.07, 6.45) is 0.873. The molecule has 4 heteroatoms. The third-order valence-corrected chi connectivity index (χ3v) is 3.07. The lowest BCUT2D eigenvalue weighted by Gasteiger charge is -2.20. The van der Waals surface area contributed by atoms with Gasteiger partial charge in [-0.15, -0.1) is 0 Å². The van der Waals surface area contributed by atoms with Gasteiger partial charge in [0.2, 0.25) is 0 Å². The minimum atomic E-state index is -0.290. The summed E-state index contributed by atoms with van der Waals surface area (Å²) in [6.45, 7) is 8.76. The summed E-state index contributed by atoms with van der Waals surface area (Å²) >= 11 is 0. The van der Waals surface area contributed by atoms with Gasteiger partial charge in [-0.1, -0.05) is 32.0 Å². The highest BCUT2D eigenvalue weighted by Gasteiger charge is 2.20. The number of para-hydroxylation sites is 1. The topological polar surface area (TPSA) is 47.6 Å². The maximum absolute atomic E-state index is 11.8. The molecule has 118 valence electrons. The Morgan fingerprint density at radius 2 is 1.86 bits per heavy atom. The number of rotatable bonds is 8. The zero-order valence-corrected chi connectivity index (χ0v) is 13.7. The van der Waals surface area contributed by atoms with Crippen molar-refractivity contribution in [2.24, 2.45) is 5.92 Å². The highest BCUT2D eigenvalue weighted by Crippen LogP contribution is 2.19. The fraction of sp³-hybridized carbons (Fsp3) is 0.588. The number of benzene rings is 1. The van der Waals surface area contributed by atoms with Crippen molar-refractivity contribution in [3.63, 3.8) is 0 Å². The molecular formula is C17H27NO3. The van der Waals surface area contributed by atoms with Crippen LogP contribution >= 0.6 is 0 Å². The molecule has 0 saturated carbocycles. The Hall–Kier alpha value is -1.55. The number of hydrogen-bond acceptors (Lipinski definition) is 4. The SMILES string of the molecule is COC(=O)[C@@H](CC(C)C)NCc1ccccc1OC(C)C. The molecule has 0 aliphatic heterocycles. The van der Waals surface area contributed by atoms with E-state index in [1.165, 1.54) is 7.11 Å². The van der Waals surface area contributed by atoms with Crippen LogP contribution in [0.15, 0.2) is 24.3 Å². The molecule has 4 nitrogen and oxygen atoms in total. The van der Waals surface area contributed by atoms with E-state index in [4.69, 9.17) is 9.47 Å². The molecule has 0 amide bonds. The minimum absolute atomic E-state index is 0.123. The highest BCUT2D eigenvalue weighted by atomic mass is 16.5. The van der Waals surface area contributed by atoms with Gasteiger partial charge in [-0.05, 0) is 32.3 Å². The Morgan fingerprint density at radius 1 is 1.19 bits per heavy atom. The van der Waals surface area contributed by atoms with Crippen molar-refractivity contribution in [3.05, 3.63) is 29.8 Å². The van der Waals surface area contributed by atoms with Crippen LogP contribution in [-0.4, -0.2) is 25.2 Å². The second-order valence-electron chi connectivity index (χ2n) is 5.86. The molecule has 1 N–H and O–H groups in total. The number of carbonyl (C=O) groups is 1. The van der Waals surface area contributed by atoms with Crippen molar-refractivity contribution in [2.75, 3.05) is 7.11 Å². The lowest BCUT2D eigenvalue weighted by atomic mass is 10.0. The van der Waals surface area contributed by atoms with Crippen molar-refractivity contribution in [1.82, 2.24) is 5.32 Å². The second-order valence-corrected chi connectivity index (χ2v) is 5.86. The van der Waals surface area contributed by atoms with E-state index in [9.17, 15) is 4.79 Å². The molecule has 0 aliphatic carbocycles. The van der Waals surface area contributed by atoms with Crippen LogP contribution in [0.2, 0.25) is 0 Å². The Balaban J connectivity index is 2.73. The zero-order valence-electron chi connectivity index (χ0n) is 13.7. The van der Waals surface area contributed by atoms with Crippen LogP contribution < -0.4 is 10.1 Å². The fourth-order valence-electron chi connectivity index (χ4n) is 2.13. The Bertz CT molecular complexity index is 443. The number of methoxy groups -OCH3 is 1. The Morgan fingerprint density at radius 3 is 2.43 bits per heavy atom. The molecule has 0 fully saturated rings. The van der Waals surface area contributed by atoms with E-state index in [0.29, 0.717) is 12.5 Å². The van der Waals surface area contributed by atoms with E-state index in [-0.39, 0.29) is 18.1 Å². The summed E-state index contributed by atoms with van der Waals surface area (Å²) in [7, 11) is 1.42. The molecule has 1 atom stereocenters. The summed E-state index contributed by atoms with van der Waals surface area (Å²) in [5, 5.41) is 3.28. The van der Waals surface area contributed by atoms with Crippen molar-refractivity contribution < 1.29 is 14.3 Å². The summed E-state index contributed by atoms with van der Waals surface area (Å²) in [6, 6.07) is 7.59. The van der Waals surface area contributed by atoms with Gasteiger partial charge in [0.1, 0.15) is 11.8 Å². The first-order chi connectivity index (χ1) is 9.93. The third-order valence-electron chi connectivity index (χ3n) is 3.07. The van der Waals surface area contributed by atoms with Crippen molar-refractivity contribution in [1.29, 1.82) is 0 Å². The summed E-state index contributed by atoms with van der Waals surface area (Å²) < 4.78 is 10.7. The summed E-state index contributed by atoms with van der Waals surface area (Å²) in [4.78, 5) is 11.8. The van der Waals surface area contributed by atoms with Gasteiger partial charge in [-0.3, -0.25) is 4.79 Å². The molecule has 0 aromatic heterocycles. The predicted molar refractivity (Wildman–Crippen MR) is 84.3 cm³/mol. The fourth-order valence-corrected chi connectivity index (χ4v) is 2.13. The van der Waals surface area contributed by atoms with E-state index in [1.807, 2.05) is 38.1 Å². The van der Waals surface area contributed by atoms with Crippen LogP contribution in [0.1, 0.15) is 39.7 Å². The van der Waals surface area contributed by atoms with Crippen LogP contribution in [0.5, 0.6) is 5.75 Å². The molecule has 0 bridgehead atoms. The molecule has 1 aromatic rings. The standard InChI is InChI=1S/C17H27NO3/c1-12(2)10-15(17(19)20-5)18-11-14-8-6-7-9-16(14)21-13(3)4/h6-9,12-13,15,18H,10-11H2,1-5H3/t15-/m1/s1. The van der Waals surface area contributed by atoms with Crippen LogP contribution in [0, 0.1) is 5.92 Å². The Kier molecular flexibility index (Phi) is 7.23. The molecule has 0 aliphatic rings. The van der Waals surface area contributed by atoms with Crippen molar-refractivity contribution >= 4 is 5.97 Å². The van der Waals surface area contributed by atoms with Gasteiger partial charge in [-0.2, -0.15) is 0 Å². The van der Waals surface area contributed by atoms with Crippen LogP contribution in [-0.2, 0) is 16.1 Å². The highest BCUT2D eigenvalue weighted by molar-refractivity contribution is 5.75. The van der Waals surface area contributed by atoms with Gasteiger partial charge >= 0.3 is 5.97 Å². The number of ether oxygens (including phenoxy) is 2. The van der Waals surface area contributed by atoms with E-state index >= 15 is 0 Å². The second kappa shape index (κ2) is 8.67. The first-order valence-corrected chi connectivity index (χ1v) is 7.49. The summed E-state index contributed by atoms with van der Waals surface area (Å²) in [5.41, 5.74) is 1.05. The molecule has 21 heavy (non-hydrogen) atoms. The maximum atomic E-state index is 11.8. The molecule has 0 radical (unpaired) electrons. The van der Waals surface area contributed by atoms with Gasteiger partial charge < -0.3 is 14.8 Å². The first kappa shape index (κ1) is 17.5. The number of nitrogens with one attached hydrogen (secondary N) is 1. The number of carbonyl (C=O) groups excluding carboxylic acids is 1. The Labute approximate surface area is 127 Å². The first-order valence-electron chi connectivity index (χ1n) is 7.49. The van der Waals surface area contributed by atoms with Crippen molar-refractivity contribution in [2.45, 2.75) is 52.8 Å². The van der Waals surface area contributed by atoms with E-state index in [1.54, 1.807) is 0 Å². The van der Waals surface area contributed by atoms with Crippen LogP contribution in [0.4, 0.5) is 0 Å². The molecule has 0 heterocycles. The van der Waals surface area contributed by atoms with Crippen LogP contribution in [0.3, 0.4) is 0 Å². The molecule has 0 spiro atoms. The molecular weight excluding hydrogens is 266 g/mol. The predicted octanol–water partition coefficient (Wildman–Crippen LogP) is 3.15. The number of hydrogen-bond donors (Lipinski definition) is 1. The zero-order chi connectivity index (χ0) is 15.8. The summed E-state index contributed by atoms with van der Waals surface area (Å²) in [5.74, 6) is 1.06. The number of esters is 1. The van der Waals surface area contributed by atoms with Crippen LogP contribution in [0.25, 0.3) is 0 Å². The van der Waals surface area contributed by atoms with Gasteiger partial charge in [0.15, 0.2) is 0 Å². The van der Waals surface area contributed by atoms with Gasteiger partial charge in [-0.25, -0.2) is 0 Å². The minimum Gasteiger partial charge on any atom is -0.491 e. The molecule has 0 saturated heterocycles. The quantitative estimate of drug-likeness (QED) is 0.748. The largest absolute Gasteiger partial charge is 0.491 e.